The van der Waals surface area contributed by atoms with E-state index in [9.17, 15) is 23.5 Å². The lowest BCUT2D eigenvalue weighted by molar-refractivity contribution is -0.138. The van der Waals surface area contributed by atoms with Crippen molar-refractivity contribution >= 4 is 80.2 Å². The molecule has 0 spiro atoms. The highest BCUT2D eigenvalue weighted by Gasteiger charge is 2.30. The fourth-order valence-corrected chi connectivity index (χ4v) is 5.63. The van der Waals surface area contributed by atoms with Crippen LogP contribution in [0.2, 0.25) is 0 Å². The average molecular weight is 578 g/mol. The van der Waals surface area contributed by atoms with Gasteiger partial charge >= 0.3 is 12.0 Å². The maximum Gasteiger partial charge on any atom is 0.331 e. The Morgan fingerprint density at radius 2 is 1.62 bits per heavy atom. The average Bonchev–Trinajstić information content (AvgIpc) is 3.32. The molecular formula is C29H27N3O6S2. The minimum atomic E-state index is -2.59. The third-order valence-corrected chi connectivity index (χ3v) is 7.87. The number of thiol groups is 1. The zero-order valence-electron chi connectivity index (χ0n) is 21.3. The van der Waals surface area contributed by atoms with E-state index in [1.165, 1.54) is 4.31 Å². The molecule has 0 saturated heterocycles. The number of carboxylic acids is 1. The number of amides is 2. The number of anilines is 2. The molecule has 1 heterocycles. The number of furan rings is 1. The molecule has 3 N–H and O–H groups in total. The maximum atomic E-state index is 12.6. The van der Waals surface area contributed by atoms with Crippen LogP contribution in [0.3, 0.4) is 0 Å². The Hall–Kier alpha value is -4.06. The molecule has 0 fully saturated rings. The Morgan fingerprint density at radius 3 is 2.40 bits per heavy atom. The molecule has 206 valence electrons. The lowest BCUT2D eigenvalue weighted by atomic mass is 10.1. The van der Waals surface area contributed by atoms with E-state index in [1.807, 2.05) is 66.7 Å². The van der Waals surface area contributed by atoms with Crippen LogP contribution in [0.15, 0.2) is 89.3 Å². The minimum Gasteiger partial charge on any atom is -0.480 e. The van der Waals surface area contributed by atoms with Gasteiger partial charge in [-0.2, -0.15) is 0 Å². The third kappa shape index (κ3) is 5.91. The van der Waals surface area contributed by atoms with Crippen LogP contribution in [-0.2, 0) is 16.1 Å². The summed E-state index contributed by atoms with van der Waals surface area (Å²) < 4.78 is 30.5. The molecule has 2 atom stereocenters. The van der Waals surface area contributed by atoms with Gasteiger partial charge in [-0.1, -0.05) is 61.3 Å². The van der Waals surface area contributed by atoms with Gasteiger partial charge in [0, 0.05) is 23.0 Å². The molecule has 5 aromatic rings. The molecule has 5 rings (SSSR count). The van der Waals surface area contributed by atoms with Crippen LogP contribution < -0.4 is 9.62 Å². The largest absolute Gasteiger partial charge is 0.480 e. The van der Waals surface area contributed by atoms with Gasteiger partial charge in [0.1, 0.15) is 17.2 Å². The van der Waals surface area contributed by atoms with Gasteiger partial charge in [0.25, 0.3) is 11.3 Å². The first-order valence-electron chi connectivity index (χ1n) is 12.6. The number of nitrogens with one attached hydrogen (secondary N) is 1. The minimum absolute atomic E-state index is 0.0831. The van der Waals surface area contributed by atoms with E-state index in [4.69, 9.17) is 4.42 Å². The highest BCUT2D eigenvalue weighted by Crippen LogP contribution is 2.33. The van der Waals surface area contributed by atoms with Crippen LogP contribution >= 0.6 is 12.8 Å². The van der Waals surface area contributed by atoms with Crippen molar-refractivity contribution < 1.29 is 27.9 Å². The molecule has 0 radical (unpaired) electrons. The van der Waals surface area contributed by atoms with Crippen molar-refractivity contribution in [1.82, 2.24) is 4.31 Å². The molecule has 0 saturated carbocycles. The first kappa shape index (κ1) is 27.5. The van der Waals surface area contributed by atoms with Gasteiger partial charge in [-0.3, -0.25) is 13.2 Å². The zero-order chi connectivity index (χ0) is 28.2. The van der Waals surface area contributed by atoms with Gasteiger partial charge in [0.15, 0.2) is 0 Å². The number of aliphatic carboxylic acids is 1. The molecule has 11 heteroatoms. The Labute approximate surface area is 238 Å². The van der Waals surface area contributed by atoms with E-state index >= 15 is 0 Å². The van der Waals surface area contributed by atoms with E-state index in [0.717, 1.165) is 25.9 Å². The molecular weight excluding hydrogens is 550 g/mol. The first-order chi connectivity index (χ1) is 19.3. The van der Waals surface area contributed by atoms with E-state index in [0.29, 0.717) is 29.7 Å². The summed E-state index contributed by atoms with van der Waals surface area (Å²) in [6.45, 7) is 0.254. The van der Waals surface area contributed by atoms with Gasteiger partial charge in [-0.15, -0.1) is 0 Å². The smallest absolute Gasteiger partial charge is 0.331 e. The predicted octanol–water partition coefficient (Wildman–Crippen LogP) is 6.68. The number of urea groups is 1. The quantitative estimate of drug-likeness (QED) is 0.0834. The molecule has 4 aromatic carbocycles. The molecule has 2 amide bonds. The first-order valence-corrected chi connectivity index (χ1v) is 14.1. The Morgan fingerprint density at radius 1 is 0.900 bits per heavy atom. The van der Waals surface area contributed by atoms with Crippen LogP contribution in [0.25, 0.3) is 32.7 Å². The van der Waals surface area contributed by atoms with Crippen LogP contribution in [-0.4, -0.2) is 42.8 Å². The van der Waals surface area contributed by atoms with E-state index in [-0.39, 0.29) is 18.7 Å². The van der Waals surface area contributed by atoms with Gasteiger partial charge in [0.2, 0.25) is 0 Å². The SMILES string of the molecule is O=C(O)C(CCCCN(S)C(=O)Nc1ccc2ccccc2c1)N(c1ccc2oc3ccccc3c2c1)S(=O)O. The van der Waals surface area contributed by atoms with Gasteiger partial charge in [-0.05, 0) is 66.4 Å². The second-order valence-electron chi connectivity index (χ2n) is 9.30. The Bertz CT molecular complexity index is 1720. The third-order valence-electron chi connectivity index (χ3n) is 6.68. The van der Waals surface area contributed by atoms with Crippen LogP contribution in [0.5, 0.6) is 0 Å². The number of rotatable bonds is 10. The number of hydrogen-bond donors (Lipinski definition) is 4. The second kappa shape index (κ2) is 12.0. The summed E-state index contributed by atoms with van der Waals surface area (Å²) >= 11 is 1.69. The van der Waals surface area contributed by atoms with E-state index in [1.54, 1.807) is 18.2 Å². The lowest BCUT2D eigenvalue weighted by Gasteiger charge is -2.27. The highest BCUT2D eigenvalue weighted by atomic mass is 32.2. The summed E-state index contributed by atoms with van der Waals surface area (Å²) in [5.74, 6) is -1.23. The number of nitrogens with zero attached hydrogens (tertiary/aromatic N) is 2. The monoisotopic (exact) mass is 577 g/mol. The molecule has 0 aliphatic carbocycles. The Kier molecular flexibility index (Phi) is 8.24. The Balaban J connectivity index is 1.22. The standard InChI is InChI=1S/C29H27N3O6S2/c33-28(34)25(32(40(36)37)22-14-15-27-24(18-22)23-9-3-4-11-26(23)38-27)10-5-6-16-31(39)29(35)30-21-13-12-19-7-1-2-8-20(19)17-21/h1-4,7-9,11-15,17-18,25,39H,5-6,10,16H2,(H,30,35)(H,33,34)(H,36,37). The predicted molar refractivity (Wildman–Crippen MR) is 161 cm³/mol. The normalized spacial score (nSPS) is 12.8. The summed E-state index contributed by atoms with van der Waals surface area (Å²) in [7, 11) is 0. The molecule has 0 bridgehead atoms. The van der Waals surface area contributed by atoms with Gasteiger partial charge < -0.3 is 14.8 Å². The summed E-state index contributed by atoms with van der Waals surface area (Å²) in [5, 5.41) is 16.4. The zero-order valence-corrected chi connectivity index (χ0v) is 23.0. The van der Waals surface area contributed by atoms with Gasteiger partial charge in [-0.25, -0.2) is 13.8 Å². The number of para-hydroxylation sites is 1. The summed E-state index contributed by atoms with van der Waals surface area (Å²) in [5.41, 5.74) is 2.19. The van der Waals surface area contributed by atoms with Crippen LogP contribution in [0.1, 0.15) is 19.3 Å². The molecule has 0 aliphatic heterocycles. The number of carboxylic acid groups (broad SMARTS) is 1. The van der Waals surface area contributed by atoms with Crippen molar-refractivity contribution in [2.24, 2.45) is 0 Å². The number of hydrogen-bond acceptors (Lipinski definition) is 5. The lowest BCUT2D eigenvalue weighted by Crippen LogP contribution is -2.42. The van der Waals surface area contributed by atoms with Crippen molar-refractivity contribution in [2.45, 2.75) is 25.3 Å². The number of benzene rings is 4. The van der Waals surface area contributed by atoms with Crippen molar-refractivity contribution in [1.29, 1.82) is 0 Å². The van der Waals surface area contributed by atoms with Crippen LogP contribution in [0.4, 0.5) is 16.2 Å². The molecule has 2 unspecified atom stereocenters. The fourth-order valence-electron chi connectivity index (χ4n) is 4.73. The number of carbonyl (C=O) groups excluding carboxylic acids is 1. The van der Waals surface area contributed by atoms with Crippen molar-refractivity contribution in [2.75, 3.05) is 16.2 Å². The molecule has 40 heavy (non-hydrogen) atoms. The number of carbonyl (C=O) groups is 2. The maximum absolute atomic E-state index is 12.6. The van der Waals surface area contributed by atoms with Crippen molar-refractivity contribution in [3.05, 3.63) is 84.9 Å². The van der Waals surface area contributed by atoms with Crippen molar-refractivity contribution in [3.63, 3.8) is 0 Å². The number of fused-ring (bicyclic) bond motifs is 4. The highest BCUT2D eigenvalue weighted by molar-refractivity contribution is 7.80. The summed E-state index contributed by atoms with van der Waals surface area (Å²) in [4.78, 5) is 24.8. The molecule has 0 aliphatic rings. The second-order valence-corrected chi connectivity index (χ2v) is 10.6. The summed E-state index contributed by atoms with van der Waals surface area (Å²) in [6.07, 6.45) is 0.900. The van der Waals surface area contributed by atoms with E-state index < -0.39 is 29.3 Å². The van der Waals surface area contributed by atoms with Crippen LogP contribution in [0, 0.1) is 0 Å². The van der Waals surface area contributed by atoms with E-state index in [2.05, 4.69) is 18.1 Å². The molecule has 1 aromatic heterocycles. The molecule has 9 nitrogen and oxygen atoms in total. The fraction of sp³-hybridized carbons (Fsp3) is 0.172. The summed E-state index contributed by atoms with van der Waals surface area (Å²) in [6, 6.07) is 24.1. The number of unbranched alkanes of at least 4 members (excludes halogenated alkanes) is 1. The topological polar surface area (TPSA) is 123 Å². The van der Waals surface area contributed by atoms with Gasteiger partial charge in [0.05, 0.1) is 5.69 Å². The van der Waals surface area contributed by atoms with Crippen molar-refractivity contribution in [3.8, 4) is 0 Å².